The number of aryl methyl sites for hydroxylation is 1. The summed E-state index contributed by atoms with van der Waals surface area (Å²) < 4.78 is 0. The lowest BCUT2D eigenvalue weighted by molar-refractivity contribution is -0.118. The Kier molecular flexibility index (Phi) is 5.11. The van der Waals surface area contributed by atoms with Crippen LogP contribution in [-0.4, -0.2) is 28.7 Å². The van der Waals surface area contributed by atoms with Crippen LogP contribution in [0.15, 0.2) is 0 Å². The van der Waals surface area contributed by atoms with E-state index in [0.717, 1.165) is 30.8 Å². The summed E-state index contributed by atoms with van der Waals surface area (Å²) in [7, 11) is 0. The van der Waals surface area contributed by atoms with Gasteiger partial charge in [-0.1, -0.05) is 17.8 Å². The van der Waals surface area contributed by atoms with Crippen molar-refractivity contribution in [1.29, 1.82) is 0 Å². The fourth-order valence-corrected chi connectivity index (χ4v) is 2.21. The van der Waals surface area contributed by atoms with Crippen LogP contribution < -0.4 is 10.6 Å². The maximum atomic E-state index is 11.7. The van der Waals surface area contributed by atoms with E-state index in [1.165, 1.54) is 11.3 Å². The lowest BCUT2D eigenvalue weighted by Crippen LogP contribution is -2.43. The first-order chi connectivity index (χ1) is 7.25. The highest BCUT2D eigenvalue weighted by atomic mass is 35.5. The largest absolute Gasteiger partial charge is 0.306 e. The van der Waals surface area contributed by atoms with Gasteiger partial charge >= 0.3 is 0 Å². The molecule has 1 unspecified atom stereocenters. The summed E-state index contributed by atoms with van der Waals surface area (Å²) in [5.74, 6) is 0.00542. The molecule has 0 radical (unpaired) electrons. The molecular formula is C9H15ClN4OS. The van der Waals surface area contributed by atoms with E-state index in [2.05, 4.69) is 20.8 Å². The fraction of sp³-hybridized carbons (Fsp3) is 0.667. The number of carbonyl (C=O) groups excluding carboxylic acids is 1. The van der Waals surface area contributed by atoms with E-state index in [1.807, 2.05) is 6.92 Å². The van der Waals surface area contributed by atoms with Crippen LogP contribution >= 0.6 is 23.7 Å². The second-order valence-corrected chi connectivity index (χ2v) is 4.80. The summed E-state index contributed by atoms with van der Waals surface area (Å²) in [6.45, 7) is 2.79. The first kappa shape index (κ1) is 13.3. The van der Waals surface area contributed by atoms with Gasteiger partial charge in [0, 0.05) is 0 Å². The molecule has 1 fully saturated rings. The predicted octanol–water partition coefficient (Wildman–Crippen LogP) is 1.35. The van der Waals surface area contributed by atoms with Crippen LogP contribution in [0.3, 0.4) is 0 Å². The van der Waals surface area contributed by atoms with E-state index in [4.69, 9.17) is 0 Å². The molecule has 2 N–H and O–H groups in total. The lowest BCUT2D eigenvalue weighted by atomic mass is 10.0. The summed E-state index contributed by atoms with van der Waals surface area (Å²) in [4.78, 5) is 11.7. The fourth-order valence-electron chi connectivity index (χ4n) is 1.62. The Bertz CT molecular complexity index is 351. The van der Waals surface area contributed by atoms with Gasteiger partial charge in [-0.15, -0.1) is 22.6 Å². The van der Waals surface area contributed by atoms with Gasteiger partial charge in [-0.05, 0) is 26.3 Å². The summed E-state index contributed by atoms with van der Waals surface area (Å²) in [6, 6.07) is -0.0667. The number of amides is 1. The van der Waals surface area contributed by atoms with Crippen molar-refractivity contribution >= 4 is 34.8 Å². The Labute approximate surface area is 104 Å². The van der Waals surface area contributed by atoms with E-state index in [0.29, 0.717) is 5.13 Å². The number of hydrogen-bond acceptors (Lipinski definition) is 5. The van der Waals surface area contributed by atoms with Crippen molar-refractivity contribution in [3.05, 3.63) is 5.01 Å². The minimum atomic E-state index is -0.0667. The number of halogens is 1. The average molecular weight is 263 g/mol. The normalized spacial score (nSPS) is 19.9. The van der Waals surface area contributed by atoms with E-state index in [9.17, 15) is 4.79 Å². The second-order valence-electron chi connectivity index (χ2n) is 3.62. The Hall–Kier alpha value is -0.720. The molecule has 5 nitrogen and oxygen atoms in total. The number of nitrogens with one attached hydrogen (secondary N) is 2. The number of aromatic nitrogens is 2. The summed E-state index contributed by atoms with van der Waals surface area (Å²) >= 11 is 1.40. The van der Waals surface area contributed by atoms with Crippen LogP contribution in [0.2, 0.25) is 0 Å². The van der Waals surface area contributed by atoms with Gasteiger partial charge in [0.1, 0.15) is 5.01 Å². The lowest BCUT2D eigenvalue weighted by Gasteiger charge is -2.21. The molecule has 1 aliphatic rings. The van der Waals surface area contributed by atoms with Crippen LogP contribution in [0.5, 0.6) is 0 Å². The standard InChI is InChI=1S/C9H14N4OS.ClH/c1-6-12-13-9(15-6)11-8(14)7-4-2-3-5-10-7;/h7,10H,2-5H2,1H3,(H,11,13,14);1H. The molecule has 1 saturated heterocycles. The van der Waals surface area contributed by atoms with E-state index >= 15 is 0 Å². The van der Waals surface area contributed by atoms with Crippen LogP contribution in [0.4, 0.5) is 5.13 Å². The molecule has 0 aromatic carbocycles. The summed E-state index contributed by atoms with van der Waals surface area (Å²) in [5.41, 5.74) is 0. The molecule has 1 aromatic heterocycles. The zero-order valence-corrected chi connectivity index (χ0v) is 10.7. The highest BCUT2D eigenvalue weighted by Gasteiger charge is 2.21. The molecule has 1 atom stereocenters. The number of piperidine rings is 1. The van der Waals surface area contributed by atoms with Crippen molar-refractivity contribution in [2.24, 2.45) is 0 Å². The Balaban J connectivity index is 0.00000128. The highest BCUT2D eigenvalue weighted by Crippen LogP contribution is 2.15. The van der Waals surface area contributed by atoms with Gasteiger partial charge in [0.25, 0.3) is 0 Å². The van der Waals surface area contributed by atoms with E-state index < -0.39 is 0 Å². The Morgan fingerprint density at radius 2 is 2.31 bits per heavy atom. The van der Waals surface area contributed by atoms with Gasteiger partial charge in [-0.25, -0.2) is 0 Å². The minimum Gasteiger partial charge on any atom is -0.306 e. The van der Waals surface area contributed by atoms with Crippen molar-refractivity contribution in [3.63, 3.8) is 0 Å². The predicted molar refractivity (Wildman–Crippen MR) is 66.2 cm³/mol. The molecule has 7 heteroatoms. The third-order valence-electron chi connectivity index (χ3n) is 2.38. The zero-order valence-electron chi connectivity index (χ0n) is 9.02. The monoisotopic (exact) mass is 262 g/mol. The van der Waals surface area contributed by atoms with Crippen LogP contribution in [-0.2, 0) is 4.79 Å². The second kappa shape index (κ2) is 6.12. The number of rotatable bonds is 2. The summed E-state index contributed by atoms with van der Waals surface area (Å²) in [5, 5.41) is 15.1. The molecular weight excluding hydrogens is 248 g/mol. The highest BCUT2D eigenvalue weighted by molar-refractivity contribution is 7.15. The summed E-state index contributed by atoms with van der Waals surface area (Å²) in [6.07, 6.45) is 3.17. The van der Waals surface area contributed by atoms with Crippen molar-refractivity contribution in [2.45, 2.75) is 32.2 Å². The third-order valence-corrected chi connectivity index (χ3v) is 3.14. The number of hydrogen-bond donors (Lipinski definition) is 2. The molecule has 90 valence electrons. The Morgan fingerprint density at radius 1 is 1.50 bits per heavy atom. The molecule has 0 saturated carbocycles. The van der Waals surface area contributed by atoms with Gasteiger partial charge in [0.2, 0.25) is 11.0 Å². The topological polar surface area (TPSA) is 66.9 Å². The molecule has 0 bridgehead atoms. The molecule has 0 aliphatic carbocycles. The van der Waals surface area contributed by atoms with Crippen molar-refractivity contribution < 1.29 is 4.79 Å². The SMILES string of the molecule is Cc1nnc(NC(=O)C2CCCCN2)s1.Cl. The van der Waals surface area contributed by atoms with Gasteiger partial charge in [-0.2, -0.15) is 0 Å². The zero-order chi connectivity index (χ0) is 10.7. The minimum absolute atomic E-state index is 0. The van der Waals surface area contributed by atoms with Crippen LogP contribution in [0.25, 0.3) is 0 Å². The molecule has 1 aromatic rings. The maximum Gasteiger partial charge on any atom is 0.243 e. The third kappa shape index (κ3) is 3.40. The number of anilines is 1. The average Bonchev–Trinajstić information content (AvgIpc) is 2.65. The maximum absolute atomic E-state index is 11.7. The molecule has 1 aliphatic heterocycles. The molecule has 0 spiro atoms. The van der Waals surface area contributed by atoms with Gasteiger partial charge in [-0.3, -0.25) is 10.1 Å². The van der Waals surface area contributed by atoms with Gasteiger partial charge in [0.05, 0.1) is 6.04 Å². The molecule has 1 amide bonds. The van der Waals surface area contributed by atoms with Crippen LogP contribution in [0.1, 0.15) is 24.3 Å². The molecule has 16 heavy (non-hydrogen) atoms. The number of nitrogens with zero attached hydrogens (tertiary/aromatic N) is 2. The van der Waals surface area contributed by atoms with Gasteiger partial charge in [0.15, 0.2) is 0 Å². The van der Waals surface area contributed by atoms with Crippen molar-refractivity contribution in [2.75, 3.05) is 11.9 Å². The molecule has 2 rings (SSSR count). The van der Waals surface area contributed by atoms with E-state index in [1.54, 1.807) is 0 Å². The quantitative estimate of drug-likeness (QED) is 0.844. The first-order valence-electron chi connectivity index (χ1n) is 5.10. The smallest absolute Gasteiger partial charge is 0.243 e. The van der Waals surface area contributed by atoms with Crippen molar-refractivity contribution in [1.82, 2.24) is 15.5 Å². The molecule has 2 heterocycles. The van der Waals surface area contributed by atoms with Crippen LogP contribution in [0, 0.1) is 6.92 Å². The van der Waals surface area contributed by atoms with Crippen molar-refractivity contribution in [3.8, 4) is 0 Å². The Morgan fingerprint density at radius 3 is 2.88 bits per heavy atom. The number of carbonyl (C=O) groups is 1. The first-order valence-corrected chi connectivity index (χ1v) is 5.92. The van der Waals surface area contributed by atoms with Gasteiger partial charge < -0.3 is 5.32 Å². The van der Waals surface area contributed by atoms with E-state index in [-0.39, 0.29) is 24.4 Å².